The fourth-order valence-electron chi connectivity index (χ4n) is 1.74. The Balaban J connectivity index is 2.42. The second kappa shape index (κ2) is 8.97. The number of ether oxygens (including phenoxy) is 1. The van der Waals surface area contributed by atoms with Gasteiger partial charge in [0.05, 0.1) is 13.0 Å². The average molecular weight is 293 g/mol. The molecule has 6 heteroatoms. The number of carbonyl (C=O) groups excluding carboxylic acids is 2. The van der Waals surface area contributed by atoms with E-state index < -0.39 is 0 Å². The number of rotatable bonds is 7. The summed E-state index contributed by atoms with van der Waals surface area (Å²) in [5.74, 6) is -0.317. The van der Waals surface area contributed by atoms with Crippen LogP contribution in [0.4, 0.5) is 10.5 Å². The summed E-state index contributed by atoms with van der Waals surface area (Å²) < 4.78 is 4.78. The van der Waals surface area contributed by atoms with E-state index in [-0.39, 0.29) is 31.0 Å². The van der Waals surface area contributed by atoms with E-state index >= 15 is 0 Å². The van der Waals surface area contributed by atoms with Crippen molar-refractivity contribution >= 4 is 17.7 Å². The van der Waals surface area contributed by atoms with Crippen LogP contribution in [0, 0.1) is 0 Å². The van der Waals surface area contributed by atoms with E-state index in [1.807, 2.05) is 38.2 Å². The Morgan fingerprint density at radius 2 is 2.10 bits per heavy atom. The van der Waals surface area contributed by atoms with Gasteiger partial charge in [-0.05, 0) is 38.6 Å². The highest BCUT2D eigenvalue weighted by molar-refractivity contribution is 5.89. The Bertz CT molecular complexity index is 477. The molecule has 0 spiro atoms. The number of esters is 1. The molecule has 116 valence electrons. The van der Waals surface area contributed by atoms with E-state index in [0.29, 0.717) is 12.3 Å². The van der Waals surface area contributed by atoms with E-state index in [1.54, 1.807) is 6.92 Å². The summed E-state index contributed by atoms with van der Waals surface area (Å²) in [6.07, 6.45) is 0.165. The van der Waals surface area contributed by atoms with E-state index in [2.05, 4.69) is 16.0 Å². The maximum absolute atomic E-state index is 11.7. The molecule has 0 fully saturated rings. The number of carbonyl (C=O) groups is 2. The molecule has 0 saturated heterocycles. The maximum Gasteiger partial charge on any atom is 0.319 e. The van der Waals surface area contributed by atoms with Crippen LogP contribution in [0.15, 0.2) is 24.3 Å². The fraction of sp³-hybridized carbons (Fsp3) is 0.467. The van der Waals surface area contributed by atoms with E-state index in [1.165, 1.54) is 0 Å². The van der Waals surface area contributed by atoms with E-state index in [4.69, 9.17) is 4.74 Å². The summed E-state index contributed by atoms with van der Waals surface area (Å²) in [4.78, 5) is 22.8. The van der Waals surface area contributed by atoms with Gasteiger partial charge >= 0.3 is 12.0 Å². The van der Waals surface area contributed by atoms with Crippen LogP contribution in [0.3, 0.4) is 0 Å². The van der Waals surface area contributed by atoms with Crippen LogP contribution in [0.5, 0.6) is 0 Å². The van der Waals surface area contributed by atoms with Crippen molar-refractivity contribution < 1.29 is 14.3 Å². The molecule has 0 radical (unpaired) electrons. The molecule has 3 N–H and O–H groups in total. The van der Waals surface area contributed by atoms with Gasteiger partial charge in [0.1, 0.15) is 0 Å². The lowest BCUT2D eigenvalue weighted by Gasteiger charge is -2.13. The number of nitrogens with one attached hydrogen (secondary N) is 3. The molecular formula is C15H23N3O3. The van der Waals surface area contributed by atoms with Crippen LogP contribution in [-0.4, -0.2) is 32.2 Å². The Morgan fingerprint density at radius 1 is 1.33 bits per heavy atom. The van der Waals surface area contributed by atoms with Gasteiger partial charge in [-0.2, -0.15) is 0 Å². The SMILES string of the molecule is CCOC(=O)CCNC(=O)Nc1cccc(C(C)NC)c1. The number of hydrogen-bond acceptors (Lipinski definition) is 4. The lowest BCUT2D eigenvalue weighted by atomic mass is 10.1. The average Bonchev–Trinajstić information content (AvgIpc) is 2.47. The van der Waals surface area contributed by atoms with Crippen molar-refractivity contribution in [2.75, 3.05) is 25.5 Å². The zero-order chi connectivity index (χ0) is 15.7. The molecule has 1 atom stereocenters. The molecule has 1 aromatic carbocycles. The molecule has 0 aliphatic carbocycles. The first-order valence-corrected chi connectivity index (χ1v) is 7.04. The van der Waals surface area contributed by atoms with Crippen LogP contribution < -0.4 is 16.0 Å². The Kier molecular flexibility index (Phi) is 7.25. The topological polar surface area (TPSA) is 79.5 Å². The van der Waals surface area contributed by atoms with Crippen molar-refractivity contribution in [1.82, 2.24) is 10.6 Å². The molecule has 6 nitrogen and oxygen atoms in total. The summed E-state index contributed by atoms with van der Waals surface area (Å²) >= 11 is 0. The summed E-state index contributed by atoms with van der Waals surface area (Å²) in [6, 6.07) is 7.47. The molecule has 0 saturated carbocycles. The predicted octanol–water partition coefficient (Wildman–Crippen LogP) is 2.04. The van der Waals surface area contributed by atoms with Crippen molar-refractivity contribution in [3.05, 3.63) is 29.8 Å². The van der Waals surface area contributed by atoms with Gasteiger partial charge in [-0.3, -0.25) is 4.79 Å². The van der Waals surface area contributed by atoms with Crippen LogP contribution in [0.2, 0.25) is 0 Å². The Labute approximate surface area is 125 Å². The smallest absolute Gasteiger partial charge is 0.319 e. The van der Waals surface area contributed by atoms with Crippen LogP contribution in [0.25, 0.3) is 0 Å². The van der Waals surface area contributed by atoms with Crippen LogP contribution >= 0.6 is 0 Å². The normalized spacial score (nSPS) is 11.6. The first-order valence-electron chi connectivity index (χ1n) is 7.04. The van der Waals surface area contributed by atoms with Gasteiger partial charge < -0.3 is 20.7 Å². The number of anilines is 1. The van der Waals surface area contributed by atoms with Gasteiger partial charge in [0, 0.05) is 18.3 Å². The molecule has 2 amide bonds. The minimum absolute atomic E-state index is 0.165. The van der Waals surface area contributed by atoms with Crippen molar-refractivity contribution in [2.24, 2.45) is 0 Å². The highest BCUT2D eigenvalue weighted by atomic mass is 16.5. The van der Waals surface area contributed by atoms with E-state index in [9.17, 15) is 9.59 Å². The van der Waals surface area contributed by atoms with Gasteiger partial charge in [0.25, 0.3) is 0 Å². The second-order valence-corrected chi connectivity index (χ2v) is 4.57. The van der Waals surface area contributed by atoms with Gasteiger partial charge in [-0.25, -0.2) is 4.79 Å². The van der Waals surface area contributed by atoms with Crippen molar-refractivity contribution in [3.63, 3.8) is 0 Å². The number of benzene rings is 1. The van der Waals surface area contributed by atoms with Crippen LogP contribution in [-0.2, 0) is 9.53 Å². The zero-order valence-electron chi connectivity index (χ0n) is 12.7. The lowest BCUT2D eigenvalue weighted by molar-refractivity contribution is -0.142. The summed E-state index contributed by atoms with van der Waals surface area (Å²) in [7, 11) is 1.88. The first kappa shape index (κ1) is 17.0. The van der Waals surface area contributed by atoms with Crippen LogP contribution in [0.1, 0.15) is 31.9 Å². The molecule has 21 heavy (non-hydrogen) atoms. The predicted molar refractivity (Wildman–Crippen MR) is 82.2 cm³/mol. The van der Waals surface area contributed by atoms with Crippen molar-refractivity contribution in [2.45, 2.75) is 26.3 Å². The molecular weight excluding hydrogens is 270 g/mol. The third-order valence-electron chi connectivity index (χ3n) is 3.00. The third-order valence-corrected chi connectivity index (χ3v) is 3.00. The van der Waals surface area contributed by atoms with Crippen molar-refractivity contribution in [3.8, 4) is 0 Å². The highest BCUT2D eigenvalue weighted by Gasteiger charge is 2.07. The van der Waals surface area contributed by atoms with Gasteiger partial charge in [0.15, 0.2) is 0 Å². The number of amides is 2. The molecule has 1 rings (SSSR count). The quantitative estimate of drug-likeness (QED) is 0.672. The minimum Gasteiger partial charge on any atom is -0.466 e. The molecule has 0 heterocycles. The summed E-state index contributed by atoms with van der Waals surface area (Å²) in [5.41, 5.74) is 1.80. The Morgan fingerprint density at radius 3 is 2.76 bits per heavy atom. The molecule has 1 aromatic rings. The standard InChI is InChI=1S/C15H23N3O3/c1-4-21-14(19)8-9-17-15(20)18-13-7-5-6-12(10-13)11(2)16-3/h5-7,10-11,16H,4,8-9H2,1-3H3,(H2,17,18,20). The third kappa shape index (κ3) is 6.27. The van der Waals surface area contributed by atoms with Gasteiger partial charge in [-0.15, -0.1) is 0 Å². The van der Waals surface area contributed by atoms with E-state index in [0.717, 1.165) is 5.56 Å². The maximum atomic E-state index is 11.7. The molecule has 1 unspecified atom stereocenters. The zero-order valence-corrected chi connectivity index (χ0v) is 12.7. The van der Waals surface area contributed by atoms with Crippen molar-refractivity contribution in [1.29, 1.82) is 0 Å². The summed E-state index contributed by atoms with van der Waals surface area (Å²) in [6.45, 7) is 4.38. The van der Waals surface area contributed by atoms with Gasteiger partial charge in [-0.1, -0.05) is 12.1 Å². The minimum atomic E-state index is -0.339. The highest BCUT2D eigenvalue weighted by Crippen LogP contribution is 2.16. The molecule has 0 bridgehead atoms. The van der Waals surface area contributed by atoms with Gasteiger partial charge in [0.2, 0.25) is 0 Å². The monoisotopic (exact) mass is 293 g/mol. The second-order valence-electron chi connectivity index (χ2n) is 4.57. The largest absolute Gasteiger partial charge is 0.466 e. The fourth-order valence-corrected chi connectivity index (χ4v) is 1.74. The Hall–Kier alpha value is -2.08. The number of hydrogen-bond donors (Lipinski definition) is 3. The molecule has 0 aliphatic heterocycles. The number of urea groups is 1. The lowest BCUT2D eigenvalue weighted by Crippen LogP contribution is -2.31. The first-order chi connectivity index (χ1) is 10.1. The summed E-state index contributed by atoms with van der Waals surface area (Å²) in [5, 5.41) is 8.49. The molecule has 0 aliphatic rings. The molecule has 0 aromatic heterocycles.